The van der Waals surface area contributed by atoms with Crippen molar-refractivity contribution in [1.82, 2.24) is 25.2 Å². The molecule has 13 heteroatoms. The zero-order valence-electron chi connectivity index (χ0n) is 27.1. The van der Waals surface area contributed by atoms with Gasteiger partial charge >= 0.3 is 0 Å². The molecule has 0 fully saturated rings. The monoisotopic (exact) mass is 702 g/mol. The summed E-state index contributed by atoms with van der Waals surface area (Å²) in [6.07, 6.45) is 1.52. The first kappa shape index (κ1) is 35.3. The molecule has 6 aromatic rings. The number of nitrogens with one attached hydrogen (secondary N) is 1. The normalized spacial score (nSPS) is 11.9. The van der Waals surface area contributed by atoms with Gasteiger partial charge in [0.25, 0.3) is 0 Å². The van der Waals surface area contributed by atoms with Gasteiger partial charge in [0.1, 0.15) is 28.6 Å². The van der Waals surface area contributed by atoms with Crippen molar-refractivity contribution < 1.29 is 23.2 Å². The molecule has 49 heavy (non-hydrogen) atoms. The highest BCUT2D eigenvalue weighted by Gasteiger charge is 2.26. The minimum Gasteiger partial charge on any atom is -0.382 e. The van der Waals surface area contributed by atoms with Crippen molar-refractivity contribution in [2.45, 2.75) is 38.3 Å². The fourth-order valence-electron chi connectivity index (χ4n) is 5.52. The highest BCUT2D eigenvalue weighted by atomic mass is 35.5. The molecule has 1 atom stereocenters. The highest BCUT2D eigenvalue weighted by Crippen LogP contribution is 2.39. The van der Waals surface area contributed by atoms with E-state index in [1.807, 2.05) is 6.07 Å². The van der Waals surface area contributed by atoms with Crippen LogP contribution in [0.2, 0.25) is 5.02 Å². The van der Waals surface area contributed by atoms with E-state index in [4.69, 9.17) is 26.8 Å². The van der Waals surface area contributed by atoms with Gasteiger partial charge in [0.2, 0.25) is 5.91 Å². The number of para-hydroxylation sites is 1. The molecule has 3 aromatic heterocycles. The highest BCUT2D eigenvalue weighted by molar-refractivity contribution is 7.79. The summed E-state index contributed by atoms with van der Waals surface area (Å²) >= 11 is 10.1. The summed E-state index contributed by atoms with van der Waals surface area (Å²) in [5.74, 6) is 3.92. The van der Waals surface area contributed by atoms with E-state index >= 15 is 0 Å². The molecule has 1 unspecified atom stereocenters. The Balaban J connectivity index is 0.00000230. The first-order valence-corrected chi connectivity index (χ1v) is 16.3. The second kappa shape index (κ2) is 14.7. The number of nitrogens with two attached hydrogens (primary N) is 1. The summed E-state index contributed by atoms with van der Waals surface area (Å²) in [6, 6.07) is 16.4. The molecule has 3 aromatic carbocycles. The van der Waals surface area contributed by atoms with E-state index < -0.39 is 29.2 Å². The van der Waals surface area contributed by atoms with Crippen molar-refractivity contribution in [1.29, 1.82) is 0 Å². The average molecular weight is 703 g/mol. The maximum atomic E-state index is 14.4. The standard InChI is InChI=1S/C35H29ClF2N6O3.CH4S/c1-35(2,46)13-12-22-8-9-23(24-10-11-26(36)31-33(24)44(3)42-34(31)39)32(40-22)28(16-19-14-20(37)17-21(38)15-19)41-30(45)18-27-25-6-4-5-7-29(25)47-43-27;1-2/h4-11,14-15,17,28,46H,16,18H2,1-3H3,(H2,39,42)(H,41,45);2H,1H3. The van der Waals surface area contributed by atoms with Gasteiger partial charge < -0.3 is 20.7 Å². The Labute approximate surface area is 291 Å². The number of aromatic nitrogens is 4. The predicted molar refractivity (Wildman–Crippen MR) is 190 cm³/mol. The summed E-state index contributed by atoms with van der Waals surface area (Å²) in [6.45, 7) is 3.09. The Morgan fingerprint density at radius 3 is 2.51 bits per heavy atom. The molecular weight excluding hydrogens is 670 g/mol. The van der Waals surface area contributed by atoms with Crippen LogP contribution in [0.4, 0.5) is 14.6 Å². The van der Waals surface area contributed by atoms with Gasteiger partial charge in [0.05, 0.1) is 34.1 Å². The van der Waals surface area contributed by atoms with Crippen LogP contribution in [0.15, 0.2) is 71.3 Å². The number of hydrogen-bond donors (Lipinski definition) is 4. The number of nitrogen functional groups attached to an aromatic ring is 1. The number of carbonyl (C=O) groups excluding carboxylic acids is 1. The minimum atomic E-state index is -1.30. The topological polar surface area (TPSA) is 132 Å². The van der Waals surface area contributed by atoms with Crippen molar-refractivity contribution in [3.8, 4) is 23.0 Å². The largest absolute Gasteiger partial charge is 0.382 e. The number of fused-ring (bicyclic) bond motifs is 2. The number of carbonyl (C=O) groups is 1. The Hall–Kier alpha value is -4.96. The molecular formula is C36H33ClF2N6O3S. The van der Waals surface area contributed by atoms with Crippen LogP contribution in [0.3, 0.4) is 0 Å². The van der Waals surface area contributed by atoms with Crippen LogP contribution in [0.25, 0.3) is 33.0 Å². The molecule has 0 aliphatic carbocycles. The lowest BCUT2D eigenvalue weighted by molar-refractivity contribution is -0.121. The van der Waals surface area contributed by atoms with E-state index in [0.29, 0.717) is 55.1 Å². The lowest BCUT2D eigenvalue weighted by Crippen LogP contribution is -2.32. The molecule has 0 aliphatic heterocycles. The molecule has 6 rings (SSSR count). The number of rotatable bonds is 7. The van der Waals surface area contributed by atoms with Crippen molar-refractivity contribution in [3.05, 3.63) is 106 Å². The Morgan fingerprint density at radius 2 is 1.80 bits per heavy atom. The summed E-state index contributed by atoms with van der Waals surface area (Å²) in [7, 11) is 1.73. The third-order valence-corrected chi connectivity index (χ3v) is 7.80. The number of nitrogens with zero attached hydrogens (tertiary/aromatic N) is 4. The molecule has 252 valence electrons. The van der Waals surface area contributed by atoms with Crippen LogP contribution >= 0.6 is 24.2 Å². The smallest absolute Gasteiger partial charge is 0.226 e. The van der Waals surface area contributed by atoms with Crippen LogP contribution in [0.1, 0.15) is 42.5 Å². The van der Waals surface area contributed by atoms with Gasteiger partial charge in [-0.2, -0.15) is 17.7 Å². The predicted octanol–water partition coefficient (Wildman–Crippen LogP) is 6.60. The zero-order chi connectivity index (χ0) is 35.5. The zero-order valence-corrected chi connectivity index (χ0v) is 28.7. The molecule has 0 spiro atoms. The van der Waals surface area contributed by atoms with Crippen LogP contribution in [-0.2, 0) is 24.7 Å². The number of aryl methyl sites for hydroxylation is 1. The quantitative estimate of drug-likeness (QED) is 0.109. The maximum Gasteiger partial charge on any atom is 0.226 e. The first-order valence-electron chi connectivity index (χ1n) is 15.1. The molecule has 0 saturated heterocycles. The molecule has 1 amide bonds. The Kier molecular flexibility index (Phi) is 10.6. The van der Waals surface area contributed by atoms with Crippen LogP contribution in [0, 0.1) is 23.5 Å². The molecule has 9 nitrogen and oxygen atoms in total. The molecule has 0 saturated carbocycles. The van der Waals surface area contributed by atoms with Crippen molar-refractivity contribution in [2.75, 3.05) is 12.0 Å². The average Bonchev–Trinajstić information content (AvgIpc) is 3.60. The lowest BCUT2D eigenvalue weighted by atomic mass is 9.93. The Morgan fingerprint density at radius 1 is 1.10 bits per heavy atom. The number of pyridine rings is 1. The van der Waals surface area contributed by atoms with Gasteiger partial charge in [-0.25, -0.2) is 13.8 Å². The van der Waals surface area contributed by atoms with Gasteiger partial charge in [-0.3, -0.25) is 9.48 Å². The number of halogens is 3. The first-order chi connectivity index (χ1) is 23.4. The third kappa shape index (κ3) is 8.03. The lowest BCUT2D eigenvalue weighted by Gasteiger charge is -2.22. The van der Waals surface area contributed by atoms with E-state index in [2.05, 4.69) is 40.0 Å². The molecule has 3 heterocycles. The fourth-order valence-corrected chi connectivity index (χ4v) is 5.77. The van der Waals surface area contributed by atoms with Gasteiger partial charge in [-0.15, -0.1) is 0 Å². The van der Waals surface area contributed by atoms with Gasteiger partial charge in [-0.1, -0.05) is 40.9 Å². The van der Waals surface area contributed by atoms with E-state index in [9.17, 15) is 18.7 Å². The van der Waals surface area contributed by atoms with Gasteiger partial charge in [-0.05, 0) is 80.5 Å². The number of hydrogen-bond acceptors (Lipinski definition) is 8. The number of amides is 1. The minimum absolute atomic E-state index is 0.0351. The summed E-state index contributed by atoms with van der Waals surface area (Å²) in [5.41, 5.74) is 8.63. The van der Waals surface area contributed by atoms with Crippen molar-refractivity contribution in [3.63, 3.8) is 0 Å². The number of benzene rings is 3. The van der Waals surface area contributed by atoms with Crippen molar-refractivity contribution in [2.24, 2.45) is 7.05 Å². The second-order valence-corrected chi connectivity index (χ2v) is 12.1. The number of anilines is 1. The van der Waals surface area contributed by atoms with Crippen LogP contribution < -0.4 is 11.1 Å². The summed E-state index contributed by atoms with van der Waals surface area (Å²) in [4.78, 5) is 18.5. The van der Waals surface area contributed by atoms with Crippen LogP contribution in [0.5, 0.6) is 0 Å². The van der Waals surface area contributed by atoms with Gasteiger partial charge in [0.15, 0.2) is 11.4 Å². The third-order valence-electron chi connectivity index (χ3n) is 7.48. The van der Waals surface area contributed by atoms with E-state index in [1.165, 1.54) is 12.1 Å². The van der Waals surface area contributed by atoms with E-state index in [-0.39, 0.29) is 24.2 Å². The summed E-state index contributed by atoms with van der Waals surface area (Å²) in [5, 5.41) is 23.3. The van der Waals surface area contributed by atoms with Crippen molar-refractivity contribution >= 4 is 57.8 Å². The van der Waals surface area contributed by atoms with Crippen LogP contribution in [-0.4, -0.2) is 42.8 Å². The van der Waals surface area contributed by atoms with Gasteiger partial charge in [0, 0.05) is 29.6 Å². The molecule has 0 aliphatic rings. The number of aliphatic hydroxyl groups is 1. The fraction of sp³-hybridized carbons (Fsp3) is 0.222. The molecule has 0 radical (unpaired) electrons. The number of thiol groups is 1. The Bertz CT molecular complexity index is 2220. The molecule has 0 bridgehead atoms. The maximum absolute atomic E-state index is 14.4. The second-order valence-electron chi connectivity index (χ2n) is 11.7. The molecule has 4 N–H and O–H groups in total. The SMILES string of the molecule is CS.Cn1nc(N)c2c(Cl)ccc(-c3ccc(C#CC(C)(C)O)nc3C(Cc3cc(F)cc(F)c3)NC(=O)Cc3noc4ccccc34)c21. The summed E-state index contributed by atoms with van der Waals surface area (Å²) < 4.78 is 35.8. The van der Waals surface area contributed by atoms with E-state index in [1.54, 1.807) is 74.3 Å². The van der Waals surface area contributed by atoms with E-state index in [0.717, 1.165) is 6.07 Å².